The van der Waals surface area contributed by atoms with Gasteiger partial charge in [0.05, 0.1) is 22.2 Å². The van der Waals surface area contributed by atoms with Crippen molar-refractivity contribution < 1.29 is 9.53 Å². The van der Waals surface area contributed by atoms with Gasteiger partial charge in [-0.3, -0.25) is 4.79 Å². The summed E-state index contributed by atoms with van der Waals surface area (Å²) in [5.41, 5.74) is 0.788. The number of aryl methyl sites for hydroxylation is 1. The fourth-order valence-corrected chi connectivity index (χ4v) is 1.75. The highest BCUT2D eigenvalue weighted by molar-refractivity contribution is 6.48. The van der Waals surface area contributed by atoms with Gasteiger partial charge in [-0.05, 0) is 18.1 Å². The number of hydrogen-bond acceptors (Lipinski definition) is 2. The van der Waals surface area contributed by atoms with E-state index in [-0.39, 0.29) is 12.4 Å². The van der Waals surface area contributed by atoms with E-state index in [2.05, 4.69) is 4.74 Å². The van der Waals surface area contributed by atoms with Gasteiger partial charge in [0.15, 0.2) is 0 Å². The van der Waals surface area contributed by atoms with Crippen LogP contribution >= 0.6 is 34.8 Å². The van der Waals surface area contributed by atoms with Crippen molar-refractivity contribution in [1.29, 1.82) is 0 Å². The molecule has 0 saturated carbocycles. The molecule has 0 aromatic heterocycles. The van der Waals surface area contributed by atoms with Gasteiger partial charge in [-0.25, -0.2) is 0 Å². The quantitative estimate of drug-likeness (QED) is 0.616. The molecule has 0 fully saturated rings. The van der Waals surface area contributed by atoms with Crippen molar-refractivity contribution in [2.45, 2.75) is 12.8 Å². The maximum absolute atomic E-state index is 10.9. The molecule has 5 heteroatoms. The van der Waals surface area contributed by atoms with Crippen molar-refractivity contribution in [2.24, 2.45) is 0 Å². The molecule has 0 radical (unpaired) electrons. The Kier molecular flexibility index (Phi) is 4.71. The highest BCUT2D eigenvalue weighted by Gasteiger charge is 2.10. The number of esters is 1. The Morgan fingerprint density at radius 1 is 1.27 bits per heavy atom. The lowest BCUT2D eigenvalue weighted by Crippen LogP contribution is -2.02. The topological polar surface area (TPSA) is 26.3 Å². The maximum Gasteiger partial charge on any atom is 0.305 e. The third-order valence-electron chi connectivity index (χ3n) is 1.94. The van der Waals surface area contributed by atoms with Crippen molar-refractivity contribution in [2.75, 3.05) is 7.11 Å². The van der Waals surface area contributed by atoms with Gasteiger partial charge in [0.1, 0.15) is 0 Å². The lowest BCUT2D eigenvalue weighted by molar-refractivity contribution is -0.140. The highest BCUT2D eigenvalue weighted by atomic mass is 35.5. The molecule has 0 heterocycles. The summed E-state index contributed by atoms with van der Waals surface area (Å²) in [6.07, 6.45) is 0.760. The number of rotatable bonds is 3. The largest absolute Gasteiger partial charge is 0.469 e. The zero-order valence-corrected chi connectivity index (χ0v) is 10.3. The van der Waals surface area contributed by atoms with Crippen LogP contribution in [0.25, 0.3) is 0 Å². The van der Waals surface area contributed by atoms with Crippen molar-refractivity contribution in [3.8, 4) is 0 Å². The molecule has 15 heavy (non-hydrogen) atoms. The second-order valence-corrected chi connectivity index (χ2v) is 4.07. The Balaban J connectivity index is 2.78. The first kappa shape index (κ1) is 12.6. The van der Waals surface area contributed by atoms with Crippen LogP contribution in [-0.4, -0.2) is 13.1 Å². The summed E-state index contributed by atoms with van der Waals surface area (Å²) in [6.45, 7) is 0. The molecule has 0 aliphatic heterocycles. The molecule has 1 aromatic rings. The number of carbonyl (C=O) groups excluding carboxylic acids is 1. The van der Waals surface area contributed by atoms with E-state index in [1.54, 1.807) is 12.1 Å². The van der Waals surface area contributed by atoms with E-state index < -0.39 is 0 Å². The number of hydrogen-bond donors (Lipinski definition) is 0. The number of halogens is 3. The summed E-state index contributed by atoms with van der Waals surface area (Å²) in [4.78, 5) is 10.9. The Hall–Kier alpha value is -0.440. The summed E-state index contributed by atoms with van der Waals surface area (Å²) in [7, 11) is 1.35. The monoisotopic (exact) mass is 266 g/mol. The Bertz CT molecular complexity index is 377. The summed E-state index contributed by atoms with van der Waals surface area (Å²) in [5, 5.41) is 1.12. The van der Waals surface area contributed by atoms with E-state index in [9.17, 15) is 4.79 Å². The molecular formula is C10H9Cl3O2. The molecule has 0 spiro atoms. The number of ether oxygens (including phenoxy) is 1. The second kappa shape index (κ2) is 5.59. The molecule has 0 amide bonds. The average molecular weight is 268 g/mol. The van der Waals surface area contributed by atoms with Gasteiger partial charge in [-0.2, -0.15) is 0 Å². The molecular weight excluding hydrogens is 258 g/mol. The molecule has 0 aliphatic rings. The Labute approximate surface area is 103 Å². The van der Waals surface area contributed by atoms with E-state index in [1.165, 1.54) is 7.11 Å². The van der Waals surface area contributed by atoms with Crippen LogP contribution in [0, 0.1) is 0 Å². The molecule has 0 bridgehead atoms. The zero-order valence-electron chi connectivity index (χ0n) is 8.02. The van der Waals surface area contributed by atoms with Gasteiger partial charge in [-0.1, -0.05) is 40.9 Å². The third-order valence-corrected chi connectivity index (χ3v) is 3.27. The van der Waals surface area contributed by atoms with Gasteiger partial charge < -0.3 is 4.74 Å². The molecule has 0 saturated heterocycles. The Morgan fingerprint density at radius 2 is 1.93 bits per heavy atom. The van der Waals surface area contributed by atoms with Crippen LogP contribution in [-0.2, 0) is 16.0 Å². The normalized spacial score (nSPS) is 10.1. The first-order valence-corrected chi connectivity index (χ1v) is 5.39. The van der Waals surface area contributed by atoms with Gasteiger partial charge in [0.25, 0.3) is 0 Å². The zero-order chi connectivity index (χ0) is 11.4. The molecule has 0 N–H and O–H groups in total. The molecule has 1 rings (SSSR count). The lowest BCUT2D eigenvalue weighted by atomic mass is 10.1. The molecule has 2 nitrogen and oxygen atoms in total. The smallest absolute Gasteiger partial charge is 0.305 e. The van der Waals surface area contributed by atoms with Gasteiger partial charge >= 0.3 is 5.97 Å². The first-order chi connectivity index (χ1) is 7.06. The van der Waals surface area contributed by atoms with Crippen LogP contribution < -0.4 is 0 Å². The predicted octanol–water partition coefficient (Wildman–Crippen LogP) is 3.75. The van der Waals surface area contributed by atoms with E-state index in [0.29, 0.717) is 21.5 Å². The van der Waals surface area contributed by atoms with E-state index in [1.807, 2.05) is 0 Å². The lowest BCUT2D eigenvalue weighted by Gasteiger charge is -2.06. The van der Waals surface area contributed by atoms with Gasteiger partial charge in [0.2, 0.25) is 0 Å². The fraction of sp³-hybridized carbons (Fsp3) is 0.300. The van der Waals surface area contributed by atoms with Crippen LogP contribution in [0.1, 0.15) is 12.0 Å². The summed E-state index contributed by atoms with van der Waals surface area (Å²) in [6, 6.07) is 3.40. The van der Waals surface area contributed by atoms with E-state index in [0.717, 1.165) is 5.56 Å². The average Bonchev–Trinajstić information content (AvgIpc) is 2.24. The van der Waals surface area contributed by atoms with Crippen molar-refractivity contribution >= 4 is 40.8 Å². The first-order valence-electron chi connectivity index (χ1n) is 4.25. The summed E-state index contributed by atoms with van der Waals surface area (Å²) in [5.74, 6) is -0.280. The van der Waals surface area contributed by atoms with Crippen LogP contribution in [0.3, 0.4) is 0 Å². The molecule has 1 aromatic carbocycles. The van der Waals surface area contributed by atoms with Crippen LogP contribution in [0.5, 0.6) is 0 Å². The maximum atomic E-state index is 10.9. The predicted molar refractivity (Wildman–Crippen MR) is 61.8 cm³/mol. The molecule has 82 valence electrons. The van der Waals surface area contributed by atoms with Crippen LogP contribution in [0.15, 0.2) is 12.1 Å². The highest BCUT2D eigenvalue weighted by Crippen LogP contribution is 2.33. The van der Waals surface area contributed by atoms with Crippen LogP contribution in [0.2, 0.25) is 15.1 Å². The number of methoxy groups -OCH3 is 1. The van der Waals surface area contributed by atoms with Crippen molar-refractivity contribution in [1.82, 2.24) is 0 Å². The van der Waals surface area contributed by atoms with Crippen molar-refractivity contribution in [3.63, 3.8) is 0 Å². The van der Waals surface area contributed by atoms with Crippen LogP contribution in [0.4, 0.5) is 0 Å². The van der Waals surface area contributed by atoms with E-state index >= 15 is 0 Å². The fourth-order valence-electron chi connectivity index (χ4n) is 1.10. The molecule has 0 atom stereocenters. The summed E-state index contributed by atoms with van der Waals surface area (Å²) >= 11 is 17.6. The minimum absolute atomic E-state index is 0.272. The SMILES string of the molecule is COC(=O)CCc1ccc(Cl)c(Cl)c1Cl. The minimum atomic E-state index is -0.280. The van der Waals surface area contributed by atoms with Gasteiger partial charge in [-0.15, -0.1) is 0 Å². The van der Waals surface area contributed by atoms with Crippen molar-refractivity contribution in [3.05, 3.63) is 32.8 Å². The summed E-state index contributed by atoms with van der Waals surface area (Å²) < 4.78 is 4.52. The molecule has 0 unspecified atom stereocenters. The molecule has 0 aliphatic carbocycles. The third kappa shape index (κ3) is 3.26. The number of benzene rings is 1. The second-order valence-electron chi connectivity index (χ2n) is 2.91. The number of carbonyl (C=O) groups is 1. The minimum Gasteiger partial charge on any atom is -0.469 e. The van der Waals surface area contributed by atoms with Gasteiger partial charge in [0, 0.05) is 6.42 Å². The Morgan fingerprint density at radius 3 is 2.53 bits per heavy atom. The van der Waals surface area contributed by atoms with E-state index in [4.69, 9.17) is 34.8 Å². The standard InChI is InChI=1S/C10H9Cl3O2/c1-15-8(14)5-3-6-2-4-7(11)10(13)9(6)12/h2,4H,3,5H2,1H3.